The van der Waals surface area contributed by atoms with Crippen molar-refractivity contribution in [3.8, 4) is 0 Å². The maximum absolute atomic E-state index is 14.1. The molecule has 21 heavy (non-hydrogen) atoms. The van der Waals surface area contributed by atoms with Crippen molar-refractivity contribution in [2.24, 2.45) is 5.84 Å². The van der Waals surface area contributed by atoms with Crippen LogP contribution in [0.1, 0.15) is 16.6 Å². The molecular weight excluding hydrogens is 309 g/mol. The summed E-state index contributed by atoms with van der Waals surface area (Å²) in [5.41, 5.74) is 4.04. The fraction of sp³-hybridized carbons (Fsp3) is 0.133. The van der Waals surface area contributed by atoms with Crippen LogP contribution in [0, 0.1) is 5.82 Å². The van der Waals surface area contributed by atoms with Crippen molar-refractivity contribution >= 4 is 33.2 Å². The van der Waals surface area contributed by atoms with E-state index in [1.165, 1.54) is 6.07 Å². The van der Waals surface area contributed by atoms with Gasteiger partial charge < -0.3 is 0 Å². The highest BCUT2D eigenvalue weighted by atomic mass is 35.5. The Morgan fingerprint density at radius 1 is 1.24 bits per heavy atom. The molecule has 0 fully saturated rings. The highest BCUT2D eigenvalue weighted by Gasteiger charge is 2.18. The molecule has 0 saturated heterocycles. The SMILES string of the molecule is NNC(Cc1nc2ccccc2s1)c1cccc(Cl)c1F. The molecule has 1 heterocycles. The number of thiazole rings is 1. The summed E-state index contributed by atoms with van der Waals surface area (Å²) in [6, 6.07) is 12.4. The molecule has 1 atom stereocenters. The van der Waals surface area contributed by atoms with Crippen LogP contribution in [0.15, 0.2) is 42.5 Å². The number of nitrogens with two attached hydrogens (primary N) is 1. The summed E-state index contributed by atoms with van der Waals surface area (Å²) in [5.74, 6) is 5.14. The minimum atomic E-state index is -0.441. The lowest BCUT2D eigenvalue weighted by molar-refractivity contribution is 0.510. The standard InChI is InChI=1S/C15H13ClFN3S/c16-10-5-3-4-9(15(10)17)12(20-18)8-14-19-11-6-1-2-7-13(11)21-14/h1-7,12,20H,8,18H2. The van der Waals surface area contributed by atoms with Crippen LogP contribution in [0.25, 0.3) is 10.2 Å². The summed E-state index contributed by atoms with van der Waals surface area (Å²) in [5, 5.41) is 0.996. The van der Waals surface area contributed by atoms with Crippen molar-refractivity contribution in [3.05, 3.63) is 63.9 Å². The lowest BCUT2D eigenvalue weighted by Gasteiger charge is -2.16. The smallest absolute Gasteiger partial charge is 0.146 e. The molecule has 3 N–H and O–H groups in total. The number of fused-ring (bicyclic) bond motifs is 1. The van der Waals surface area contributed by atoms with E-state index in [1.807, 2.05) is 24.3 Å². The summed E-state index contributed by atoms with van der Waals surface area (Å²) < 4.78 is 15.2. The molecule has 0 aliphatic carbocycles. The van der Waals surface area contributed by atoms with Gasteiger partial charge in [-0.05, 0) is 18.2 Å². The molecule has 3 nitrogen and oxygen atoms in total. The number of nitrogens with zero attached hydrogens (tertiary/aromatic N) is 1. The Kier molecular flexibility index (Phi) is 4.17. The molecule has 0 aliphatic rings. The number of nitrogens with one attached hydrogen (secondary N) is 1. The van der Waals surface area contributed by atoms with Crippen LogP contribution in [0.5, 0.6) is 0 Å². The first-order chi connectivity index (χ1) is 10.2. The maximum Gasteiger partial charge on any atom is 0.146 e. The number of aromatic nitrogens is 1. The second-order valence-electron chi connectivity index (χ2n) is 4.64. The summed E-state index contributed by atoms with van der Waals surface area (Å²) in [6.45, 7) is 0. The second kappa shape index (κ2) is 6.07. The highest BCUT2D eigenvalue weighted by Crippen LogP contribution is 2.28. The van der Waals surface area contributed by atoms with Gasteiger partial charge in [-0.15, -0.1) is 11.3 Å². The summed E-state index contributed by atoms with van der Waals surface area (Å²) in [7, 11) is 0. The molecule has 6 heteroatoms. The monoisotopic (exact) mass is 321 g/mol. The van der Waals surface area contributed by atoms with Crippen molar-refractivity contribution in [2.45, 2.75) is 12.5 Å². The lowest BCUT2D eigenvalue weighted by atomic mass is 10.0. The van der Waals surface area contributed by atoms with Gasteiger partial charge in [0, 0.05) is 12.0 Å². The zero-order valence-electron chi connectivity index (χ0n) is 11.0. The van der Waals surface area contributed by atoms with Gasteiger partial charge in [0.25, 0.3) is 0 Å². The van der Waals surface area contributed by atoms with Gasteiger partial charge in [0.15, 0.2) is 0 Å². The second-order valence-corrected chi connectivity index (χ2v) is 6.16. The van der Waals surface area contributed by atoms with Crippen LogP contribution < -0.4 is 11.3 Å². The normalized spacial score (nSPS) is 12.7. The molecule has 3 aromatic rings. The quantitative estimate of drug-likeness (QED) is 0.567. The van der Waals surface area contributed by atoms with Crippen LogP contribution in [0.3, 0.4) is 0 Å². The summed E-state index contributed by atoms with van der Waals surface area (Å²) in [6.07, 6.45) is 0.507. The largest absolute Gasteiger partial charge is 0.271 e. The van der Waals surface area contributed by atoms with Crippen molar-refractivity contribution in [1.82, 2.24) is 10.4 Å². The van der Waals surface area contributed by atoms with Crippen LogP contribution >= 0.6 is 22.9 Å². The Balaban J connectivity index is 1.92. The van der Waals surface area contributed by atoms with E-state index in [0.29, 0.717) is 12.0 Å². The maximum atomic E-state index is 14.1. The molecule has 0 aliphatic heterocycles. The van der Waals surface area contributed by atoms with E-state index in [2.05, 4.69) is 10.4 Å². The number of hydrazine groups is 1. The molecule has 0 bridgehead atoms. The first-order valence-electron chi connectivity index (χ1n) is 6.43. The third-order valence-corrected chi connectivity index (χ3v) is 4.63. The van der Waals surface area contributed by atoms with Crippen molar-refractivity contribution in [2.75, 3.05) is 0 Å². The summed E-state index contributed by atoms with van der Waals surface area (Å²) in [4.78, 5) is 4.55. The Hall–Kier alpha value is -1.53. The molecule has 0 spiro atoms. The predicted octanol–water partition coefficient (Wildman–Crippen LogP) is 3.84. The van der Waals surface area contributed by atoms with Crippen molar-refractivity contribution < 1.29 is 4.39 Å². The van der Waals surface area contributed by atoms with E-state index in [9.17, 15) is 4.39 Å². The Morgan fingerprint density at radius 3 is 2.81 bits per heavy atom. The van der Waals surface area contributed by atoms with Gasteiger partial charge in [0.05, 0.1) is 26.3 Å². The number of rotatable bonds is 4. The van der Waals surface area contributed by atoms with E-state index in [-0.39, 0.29) is 11.1 Å². The average Bonchev–Trinajstić information content (AvgIpc) is 2.90. The first-order valence-corrected chi connectivity index (χ1v) is 7.63. The zero-order chi connectivity index (χ0) is 14.8. The Bertz CT molecular complexity index is 741. The minimum Gasteiger partial charge on any atom is -0.271 e. The Morgan fingerprint density at radius 2 is 2.05 bits per heavy atom. The number of halogens is 2. The van der Waals surface area contributed by atoms with E-state index >= 15 is 0 Å². The van der Waals surface area contributed by atoms with Crippen molar-refractivity contribution in [3.63, 3.8) is 0 Å². The first kappa shape index (κ1) is 14.4. The molecule has 0 radical (unpaired) electrons. The topological polar surface area (TPSA) is 50.9 Å². The van der Waals surface area contributed by atoms with Gasteiger partial charge in [0.1, 0.15) is 5.82 Å². The molecule has 1 aromatic heterocycles. The number of benzene rings is 2. The van der Waals surface area contributed by atoms with Gasteiger partial charge in [-0.1, -0.05) is 35.9 Å². The fourth-order valence-electron chi connectivity index (χ4n) is 2.23. The average molecular weight is 322 g/mol. The third-order valence-electron chi connectivity index (χ3n) is 3.27. The van der Waals surface area contributed by atoms with E-state index < -0.39 is 5.82 Å². The van der Waals surface area contributed by atoms with Gasteiger partial charge >= 0.3 is 0 Å². The number of hydrogen-bond donors (Lipinski definition) is 2. The molecule has 0 saturated carbocycles. The zero-order valence-corrected chi connectivity index (χ0v) is 12.6. The van der Waals surface area contributed by atoms with Crippen molar-refractivity contribution in [1.29, 1.82) is 0 Å². The van der Waals surface area contributed by atoms with Gasteiger partial charge in [-0.2, -0.15) is 0 Å². The molecule has 108 valence electrons. The third kappa shape index (κ3) is 2.91. The molecule has 3 rings (SSSR count). The van der Waals surface area contributed by atoms with Gasteiger partial charge in [-0.25, -0.2) is 9.37 Å². The summed E-state index contributed by atoms with van der Waals surface area (Å²) >= 11 is 7.41. The van der Waals surface area contributed by atoms with E-state index in [0.717, 1.165) is 15.2 Å². The number of hydrogen-bond acceptors (Lipinski definition) is 4. The van der Waals surface area contributed by atoms with Crippen LogP contribution in [-0.2, 0) is 6.42 Å². The van der Waals surface area contributed by atoms with Gasteiger partial charge in [-0.3, -0.25) is 11.3 Å². The van der Waals surface area contributed by atoms with Gasteiger partial charge in [0.2, 0.25) is 0 Å². The van der Waals surface area contributed by atoms with E-state index in [4.69, 9.17) is 17.4 Å². The lowest BCUT2D eigenvalue weighted by Crippen LogP contribution is -2.30. The fourth-order valence-corrected chi connectivity index (χ4v) is 3.42. The minimum absolute atomic E-state index is 0.0945. The Labute approximate surface area is 130 Å². The van der Waals surface area contributed by atoms with E-state index in [1.54, 1.807) is 23.5 Å². The molecule has 0 amide bonds. The molecular formula is C15H13ClFN3S. The van der Waals surface area contributed by atoms with Crippen LogP contribution in [0.2, 0.25) is 5.02 Å². The highest BCUT2D eigenvalue weighted by molar-refractivity contribution is 7.18. The predicted molar refractivity (Wildman–Crippen MR) is 84.8 cm³/mol. The molecule has 2 aromatic carbocycles. The van der Waals surface area contributed by atoms with Crippen LogP contribution in [0.4, 0.5) is 4.39 Å². The number of para-hydroxylation sites is 1. The van der Waals surface area contributed by atoms with Crippen LogP contribution in [-0.4, -0.2) is 4.98 Å². The molecule has 1 unspecified atom stereocenters.